The maximum Gasteiger partial charge on any atom is 0.341 e. The quantitative estimate of drug-likeness (QED) is 0.659. The Morgan fingerprint density at radius 2 is 1.76 bits per heavy atom. The minimum atomic E-state index is -1.00. The SMILES string of the molecule is CC(OC(=O)c1ccccc1NCCO)C(=O)Nc1ccccc1Cl. The van der Waals surface area contributed by atoms with Gasteiger partial charge in [0.25, 0.3) is 5.91 Å². The predicted octanol–water partition coefficient (Wildman–Crippen LogP) is 2.93. The summed E-state index contributed by atoms with van der Waals surface area (Å²) in [5.41, 5.74) is 1.26. The summed E-state index contributed by atoms with van der Waals surface area (Å²) < 4.78 is 5.23. The molecule has 0 saturated carbocycles. The molecule has 2 rings (SSSR count). The van der Waals surface area contributed by atoms with Gasteiger partial charge in [-0.2, -0.15) is 0 Å². The van der Waals surface area contributed by atoms with E-state index >= 15 is 0 Å². The highest BCUT2D eigenvalue weighted by molar-refractivity contribution is 6.33. The second-order valence-electron chi connectivity index (χ2n) is 5.21. The fraction of sp³-hybridized carbons (Fsp3) is 0.222. The van der Waals surface area contributed by atoms with E-state index in [4.69, 9.17) is 21.4 Å². The van der Waals surface area contributed by atoms with Crippen LogP contribution in [0.5, 0.6) is 0 Å². The predicted molar refractivity (Wildman–Crippen MR) is 97.0 cm³/mol. The molecule has 0 aliphatic heterocycles. The fourth-order valence-corrected chi connectivity index (χ4v) is 2.26. The number of ether oxygens (including phenoxy) is 1. The third kappa shape index (κ3) is 5.20. The molecule has 2 aromatic carbocycles. The largest absolute Gasteiger partial charge is 0.449 e. The van der Waals surface area contributed by atoms with E-state index in [1.807, 2.05) is 0 Å². The lowest BCUT2D eigenvalue weighted by Gasteiger charge is -2.16. The minimum Gasteiger partial charge on any atom is -0.449 e. The van der Waals surface area contributed by atoms with Gasteiger partial charge in [-0.1, -0.05) is 35.9 Å². The van der Waals surface area contributed by atoms with Crippen molar-refractivity contribution in [3.05, 3.63) is 59.1 Å². The Hall–Kier alpha value is -2.57. The van der Waals surface area contributed by atoms with Crippen molar-refractivity contribution in [2.24, 2.45) is 0 Å². The summed E-state index contributed by atoms with van der Waals surface area (Å²) in [5.74, 6) is -1.12. The zero-order valence-corrected chi connectivity index (χ0v) is 14.4. The molecule has 0 saturated heterocycles. The lowest BCUT2D eigenvalue weighted by Crippen LogP contribution is -2.30. The van der Waals surface area contributed by atoms with Crippen LogP contribution < -0.4 is 10.6 Å². The van der Waals surface area contributed by atoms with E-state index in [1.165, 1.54) is 6.92 Å². The number of hydrogen-bond acceptors (Lipinski definition) is 5. The van der Waals surface area contributed by atoms with E-state index in [-0.39, 0.29) is 12.2 Å². The Balaban J connectivity index is 2.02. The number of para-hydroxylation sites is 2. The summed E-state index contributed by atoms with van der Waals surface area (Å²) >= 11 is 5.99. The number of nitrogens with one attached hydrogen (secondary N) is 2. The van der Waals surface area contributed by atoms with E-state index in [2.05, 4.69) is 10.6 Å². The van der Waals surface area contributed by atoms with Crippen LogP contribution in [0.4, 0.5) is 11.4 Å². The second-order valence-corrected chi connectivity index (χ2v) is 5.62. The first-order valence-electron chi connectivity index (χ1n) is 7.73. The third-order valence-electron chi connectivity index (χ3n) is 3.36. The van der Waals surface area contributed by atoms with Crippen molar-refractivity contribution in [1.29, 1.82) is 0 Å². The van der Waals surface area contributed by atoms with Crippen LogP contribution in [0.1, 0.15) is 17.3 Å². The van der Waals surface area contributed by atoms with Crippen molar-refractivity contribution in [1.82, 2.24) is 0 Å². The zero-order chi connectivity index (χ0) is 18.2. The lowest BCUT2D eigenvalue weighted by atomic mass is 10.1. The molecule has 0 fully saturated rings. The Morgan fingerprint density at radius 1 is 1.12 bits per heavy atom. The first kappa shape index (κ1) is 18.8. The van der Waals surface area contributed by atoms with Gasteiger partial charge >= 0.3 is 5.97 Å². The van der Waals surface area contributed by atoms with Crippen LogP contribution in [-0.4, -0.2) is 36.2 Å². The number of rotatable bonds is 7. The topological polar surface area (TPSA) is 87.7 Å². The van der Waals surface area contributed by atoms with Gasteiger partial charge in [-0.3, -0.25) is 4.79 Å². The van der Waals surface area contributed by atoms with Gasteiger partial charge in [-0.15, -0.1) is 0 Å². The normalized spacial score (nSPS) is 11.5. The highest BCUT2D eigenvalue weighted by Gasteiger charge is 2.21. The van der Waals surface area contributed by atoms with Gasteiger partial charge in [0.05, 0.1) is 22.9 Å². The first-order valence-corrected chi connectivity index (χ1v) is 8.11. The number of amides is 1. The van der Waals surface area contributed by atoms with E-state index < -0.39 is 18.0 Å². The minimum absolute atomic E-state index is 0.0694. The number of carbonyl (C=O) groups is 2. The van der Waals surface area contributed by atoms with Crippen molar-refractivity contribution in [2.45, 2.75) is 13.0 Å². The van der Waals surface area contributed by atoms with E-state index in [0.29, 0.717) is 22.9 Å². The Labute approximate surface area is 150 Å². The van der Waals surface area contributed by atoms with E-state index in [1.54, 1.807) is 48.5 Å². The molecule has 0 bridgehead atoms. The van der Waals surface area contributed by atoms with Crippen LogP contribution in [0.25, 0.3) is 0 Å². The second kappa shape index (κ2) is 9.05. The maximum absolute atomic E-state index is 12.3. The molecule has 0 radical (unpaired) electrons. The number of aliphatic hydroxyl groups is 1. The van der Waals surface area contributed by atoms with Crippen molar-refractivity contribution < 1.29 is 19.4 Å². The smallest absolute Gasteiger partial charge is 0.341 e. The Kier molecular flexibility index (Phi) is 6.80. The van der Waals surface area contributed by atoms with Gasteiger partial charge in [-0.05, 0) is 31.2 Å². The van der Waals surface area contributed by atoms with Crippen molar-refractivity contribution in [3.63, 3.8) is 0 Å². The first-order chi connectivity index (χ1) is 12.0. The Morgan fingerprint density at radius 3 is 2.44 bits per heavy atom. The van der Waals surface area contributed by atoms with E-state index in [9.17, 15) is 9.59 Å². The van der Waals surface area contributed by atoms with Gasteiger partial charge in [0.1, 0.15) is 0 Å². The number of hydrogen-bond donors (Lipinski definition) is 3. The molecule has 1 unspecified atom stereocenters. The highest BCUT2D eigenvalue weighted by atomic mass is 35.5. The number of halogens is 1. The molecule has 0 aliphatic carbocycles. The summed E-state index contributed by atoms with van der Waals surface area (Å²) in [6.07, 6.45) is -1.00. The molecule has 0 heterocycles. The molecule has 0 spiro atoms. The van der Waals surface area contributed by atoms with Gasteiger partial charge < -0.3 is 20.5 Å². The number of esters is 1. The zero-order valence-electron chi connectivity index (χ0n) is 13.7. The van der Waals surface area contributed by atoms with Gasteiger partial charge in [0.2, 0.25) is 0 Å². The lowest BCUT2D eigenvalue weighted by molar-refractivity contribution is -0.123. The molecule has 6 nitrogen and oxygen atoms in total. The molecular weight excluding hydrogens is 344 g/mol. The summed E-state index contributed by atoms with van der Waals surface area (Å²) in [7, 11) is 0. The summed E-state index contributed by atoms with van der Waals surface area (Å²) in [6, 6.07) is 13.5. The standard InChI is InChI=1S/C18H19ClN2O4/c1-12(17(23)21-16-9-5-3-7-14(16)19)25-18(24)13-6-2-4-8-15(13)20-10-11-22/h2-9,12,20,22H,10-11H2,1H3,(H,21,23). The number of carbonyl (C=O) groups excluding carboxylic acids is 2. The summed E-state index contributed by atoms with van der Waals surface area (Å²) in [6.45, 7) is 1.71. The Bertz CT molecular complexity index is 751. The van der Waals surface area contributed by atoms with Crippen LogP contribution >= 0.6 is 11.6 Å². The molecule has 3 N–H and O–H groups in total. The highest BCUT2D eigenvalue weighted by Crippen LogP contribution is 2.21. The van der Waals surface area contributed by atoms with Crippen LogP contribution in [0.3, 0.4) is 0 Å². The molecular formula is C18H19ClN2O4. The molecule has 1 amide bonds. The van der Waals surface area contributed by atoms with Gasteiger partial charge in [0, 0.05) is 12.2 Å². The van der Waals surface area contributed by atoms with Crippen LogP contribution in [0.2, 0.25) is 5.02 Å². The average Bonchev–Trinajstić information content (AvgIpc) is 2.62. The van der Waals surface area contributed by atoms with E-state index in [0.717, 1.165) is 0 Å². The molecule has 25 heavy (non-hydrogen) atoms. The summed E-state index contributed by atoms with van der Waals surface area (Å²) in [5, 5.41) is 14.8. The number of benzene rings is 2. The average molecular weight is 363 g/mol. The molecule has 2 aromatic rings. The van der Waals surface area contributed by atoms with Crippen LogP contribution in [0.15, 0.2) is 48.5 Å². The molecule has 0 aromatic heterocycles. The fourth-order valence-electron chi connectivity index (χ4n) is 2.08. The van der Waals surface area contributed by atoms with Crippen LogP contribution in [0, 0.1) is 0 Å². The van der Waals surface area contributed by atoms with Crippen molar-refractivity contribution in [2.75, 3.05) is 23.8 Å². The van der Waals surface area contributed by atoms with Crippen molar-refractivity contribution >= 4 is 34.9 Å². The maximum atomic E-state index is 12.3. The molecule has 7 heteroatoms. The monoisotopic (exact) mass is 362 g/mol. The van der Waals surface area contributed by atoms with Gasteiger partial charge in [0.15, 0.2) is 6.10 Å². The van der Waals surface area contributed by atoms with Crippen molar-refractivity contribution in [3.8, 4) is 0 Å². The number of aliphatic hydroxyl groups excluding tert-OH is 1. The molecule has 132 valence electrons. The number of anilines is 2. The van der Waals surface area contributed by atoms with Crippen LogP contribution in [-0.2, 0) is 9.53 Å². The molecule has 1 atom stereocenters. The third-order valence-corrected chi connectivity index (χ3v) is 3.69. The van der Waals surface area contributed by atoms with Gasteiger partial charge in [-0.25, -0.2) is 4.79 Å². The molecule has 0 aliphatic rings. The summed E-state index contributed by atoms with van der Waals surface area (Å²) in [4.78, 5) is 24.5.